The van der Waals surface area contributed by atoms with Gasteiger partial charge in [0.2, 0.25) is 0 Å². The molecule has 0 aromatic carbocycles. The molecular formula is C9H22O5Si. The lowest BCUT2D eigenvalue weighted by atomic mass is 10.4. The predicted molar refractivity (Wildman–Crippen MR) is 58.7 cm³/mol. The van der Waals surface area contributed by atoms with Gasteiger partial charge in [0.1, 0.15) is 0 Å². The fraction of sp³-hybridized carbons (Fsp3) is 1.00. The Kier molecular flexibility index (Phi) is 8.21. The van der Waals surface area contributed by atoms with Gasteiger partial charge in [-0.3, -0.25) is 0 Å². The summed E-state index contributed by atoms with van der Waals surface area (Å²) in [5.41, 5.74) is -0.232. The van der Waals surface area contributed by atoms with E-state index in [0.29, 0.717) is 13.2 Å². The lowest BCUT2D eigenvalue weighted by Crippen LogP contribution is -2.50. The van der Waals surface area contributed by atoms with E-state index in [1.807, 2.05) is 6.92 Å². The highest BCUT2D eigenvalue weighted by molar-refractivity contribution is 6.62. The molecule has 0 amide bonds. The van der Waals surface area contributed by atoms with Crippen LogP contribution in [0, 0.1) is 0 Å². The molecule has 0 spiro atoms. The Balaban J connectivity index is 4.31. The van der Waals surface area contributed by atoms with E-state index in [-0.39, 0.29) is 12.1 Å². The average molecular weight is 238 g/mol. The minimum absolute atomic E-state index is 0.0640. The van der Waals surface area contributed by atoms with Crippen LogP contribution in [-0.4, -0.2) is 55.1 Å². The van der Waals surface area contributed by atoms with Crippen molar-refractivity contribution in [3.05, 3.63) is 0 Å². The molecule has 0 aromatic heterocycles. The van der Waals surface area contributed by atoms with Gasteiger partial charge in [0.05, 0.1) is 18.8 Å². The fourth-order valence-corrected chi connectivity index (χ4v) is 3.43. The zero-order valence-electron chi connectivity index (χ0n) is 9.99. The number of hydrogen-bond donors (Lipinski definition) is 1. The Morgan fingerprint density at radius 2 is 1.67 bits per heavy atom. The Morgan fingerprint density at radius 3 is 2.00 bits per heavy atom. The van der Waals surface area contributed by atoms with Crippen LogP contribution in [0.5, 0.6) is 0 Å². The monoisotopic (exact) mass is 238 g/mol. The molecule has 1 atom stereocenters. The molecule has 1 unspecified atom stereocenters. The van der Waals surface area contributed by atoms with Crippen LogP contribution >= 0.6 is 0 Å². The Hall–Kier alpha value is 0.0169. The van der Waals surface area contributed by atoms with Crippen LogP contribution in [0.2, 0.25) is 5.54 Å². The van der Waals surface area contributed by atoms with Gasteiger partial charge in [-0.25, -0.2) is 0 Å². The van der Waals surface area contributed by atoms with Crippen molar-refractivity contribution in [2.75, 3.05) is 41.2 Å². The van der Waals surface area contributed by atoms with Crippen LogP contribution in [0.3, 0.4) is 0 Å². The molecule has 0 saturated carbocycles. The van der Waals surface area contributed by atoms with E-state index in [9.17, 15) is 5.11 Å². The Morgan fingerprint density at radius 1 is 1.13 bits per heavy atom. The molecule has 0 radical (unpaired) electrons. The van der Waals surface area contributed by atoms with Gasteiger partial charge in [0.15, 0.2) is 0 Å². The second-order valence-electron chi connectivity index (χ2n) is 3.17. The lowest BCUT2D eigenvalue weighted by molar-refractivity contribution is 0.0575. The van der Waals surface area contributed by atoms with Crippen molar-refractivity contribution in [3.63, 3.8) is 0 Å². The summed E-state index contributed by atoms with van der Waals surface area (Å²) >= 11 is 0. The summed E-state index contributed by atoms with van der Waals surface area (Å²) in [6.07, 6.45) is 0.944. The van der Waals surface area contributed by atoms with Crippen LogP contribution in [0.25, 0.3) is 0 Å². The van der Waals surface area contributed by atoms with Gasteiger partial charge in [-0.1, -0.05) is 6.92 Å². The number of aliphatic hydroxyl groups is 1. The molecule has 0 rings (SSSR count). The van der Waals surface area contributed by atoms with E-state index in [1.54, 1.807) is 0 Å². The molecule has 0 aromatic rings. The predicted octanol–water partition coefficient (Wildman–Crippen LogP) is 0.654. The number of hydrogen-bond acceptors (Lipinski definition) is 5. The first kappa shape index (κ1) is 15.0. The summed E-state index contributed by atoms with van der Waals surface area (Å²) in [5, 5.41) is 9.27. The third-order valence-electron chi connectivity index (χ3n) is 2.24. The number of ether oxygens (including phenoxy) is 1. The first-order chi connectivity index (χ1) is 7.20. The van der Waals surface area contributed by atoms with E-state index in [1.165, 1.54) is 21.3 Å². The first-order valence-corrected chi connectivity index (χ1v) is 6.85. The molecule has 6 heteroatoms. The summed E-state index contributed by atoms with van der Waals surface area (Å²) in [6, 6.07) is 0. The van der Waals surface area contributed by atoms with Crippen molar-refractivity contribution in [2.45, 2.75) is 18.9 Å². The third kappa shape index (κ3) is 4.18. The van der Waals surface area contributed by atoms with Crippen LogP contribution in [0.15, 0.2) is 0 Å². The molecule has 0 fully saturated rings. The van der Waals surface area contributed by atoms with Crippen molar-refractivity contribution in [2.24, 2.45) is 0 Å². The van der Waals surface area contributed by atoms with Gasteiger partial charge >= 0.3 is 8.80 Å². The van der Waals surface area contributed by atoms with E-state index in [4.69, 9.17) is 18.0 Å². The van der Waals surface area contributed by atoms with Crippen molar-refractivity contribution >= 4 is 8.80 Å². The minimum Gasteiger partial charge on any atom is -0.396 e. The average Bonchev–Trinajstić information content (AvgIpc) is 2.29. The zero-order chi connectivity index (χ0) is 11.7. The van der Waals surface area contributed by atoms with E-state index >= 15 is 0 Å². The Bertz CT molecular complexity index is 143. The maximum atomic E-state index is 9.27. The van der Waals surface area contributed by atoms with Gasteiger partial charge in [-0.15, -0.1) is 0 Å². The summed E-state index contributed by atoms with van der Waals surface area (Å²) in [5.74, 6) is 0. The molecule has 15 heavy (non-hydrogen) atoms. The van der Waals surface area contributed by atoms with E-state index in [0.717, 1.165) is 6.42 Å². The quantitative estimate of drug-likeness (QED) is 0.472. The molecule has 92 valence electrons. The third-order valence-corrected chi connectivity index (χ3v) is 5.30. The molecule has 0 saturated heterocycles. The van der Waals surface area contributed by atoms with Crippen LogP contribution < -0.4 is 0 Å². The number of rotatable bonds is 9. The summed E-state index contributed by atoms with van der Waals surface area (Å²) in [6.45, 7) is 3.03. The smallest absolute Gasteiger partial charge is 0.396 e. The second kappa shape index (κ2) is 8.20. The largest absolute Gasteiger partial charge is 0.508 e. The van der Waals surface area contributed by atoms with E-state index in [2.05, 4.69) is 0 Å². The molecule has 0 aliphatic heterocycles. The normalized spacial score (nSPS) is 14.2. The fourth-order valence-electron chi connectivity index (χ4n) is 1.39. The highest BCUT2D eigenvalue weighted by atomic mass is 28.4. The van der Waals surface area contributed by atoms with Crippen molar-refractivity contribution < 1.29 is 23.1 Å². The molecule has 5 nitrogen and oxygen atoms in total. The van der Waals surface area contributed by atoms with Crippen LogP contribution in [0.4, 0.5) is 0 Å². The minimum atomic E-state index is -2.77. The highest BCUT2D eigenvalue weighted by Gasteiger charge is 2.47. The molecule has 0 heterocycles. The first-order valence-electron chi connectivity index (χ1n) is 5.04. The van der Waals surface area contributed by atoms with Gasteiger partial charge in [-0.2, -0.15) is 0 Å². The van der Waals surface area contributed by atoms with E-state index < -0.39 is 8.80 Å². The number of aliphatic hydroxyl groups excluding tert-OH is 1. The van der Waals surface area contributed by atoms with Crippen molar-refractivity contribution in [1.82, 2.24) is 0 Å². The molecule has 0 aliphatic carbocycles. The van der Waals surface area contributed by atoms with Crippen molar-refractivity contribution in [1.29, 1.82) is 0 Å². The maximum Gasteiger partial charge on any atom is 0.508 e. The summed E-state index contributed by atoms with van der Waals surface area (Å²) in [4.78, 5) is 0. The van der Waals surface area contributed by atoms with Crippen molar-refractivity contribution in [3.8, 4) is 0 Å². The van der Waals surface area contributed by atoms with Gasteiger partial charge in [0.25, 0.3) is 0 Å². The molecule has 0 aliphatic rings. The standard InChI is InChI=1S/C9H22O5Si/c1-5-6-14-8-9(7-10)15(11-2,12-3)13-4/h9-10H,5-8H2,1-4H3. The van der Waals surface area contributed by atoms with Gasteiger partial charge in [-0.05, 0) is 6.42 Å². The molecule has 1 N–H and O–H groups in total. The summed E-state index contributed by atoms with van der Waals surface area (Å²) in [7, 11) is 1.82. The van der Waals surface area contributed by atoms with Gasteiger partial charge in [0, 0.05) is 27.9 Å². The van der Waals surface area contributed by atoms with Gasteiger partial charge < -0.3 is 23.1 Å². The second-order valence-corrected chi connectivity index (χ2v) is 6.42. The zero-order valence-corrected chi connectivity index (χ0v) is 11.0. The maximum absolute atomic E-state index is 9.27. The highest BCUT2D eigenvalue weighted by Crippen LogP contribution is 2.23. The molecule has 0 bridgehead atoms. The molecular weight excluding hydrogens is 216 g/mol. The lowest BCUT2D eigenvalue weighted by Gasteiger charge is -2.31. The Labute approximate surface area is 92.7 Å². The van der Waals surface area contributed by atoms with Crippen LogP contribution in [0.1, 0.15) is 13.3 Å². The van der Waals surface area contributed by atoms with Crippen LogP contribution in [-0.2, 0) is 18.0 Å². The SMILES string of the molecule is CCCOCC(CO)[Si](OC)(OC)OC. The summed E-state index contributed by atoms with van der Waals surface area (Å²) < 4.78 is 21.2. The topological polar surface area (TPSA) is 57.2 Å².